The van der Waals surface area contributed by atoms with Gasteiger partial charge in [0.25, 0.3) is 0 Å². The molecule has 1 amide bonds. The maximum absolute atomic E-state index is 13.1. The van der Waals surface area contributed by atoms with Crippen LogP contribution in [0.5, 0.6) is 5.75 Å². The van der Waals surface area contributed by atoms with Crippen molar-refractivity contribution in [2.24, 2.45) is 0 Å². The van der Waals surface area contributed by atoms with Crippen LogP contribution in [0.25, 0.3) is 0 Å². The van der Waals surface area contributed by atoms with E-state index in [0.717, 1.165) is 31.2 Å². The highest BCUT2D eigenvalue weighted by molar-refractivity contribution is 7.80. The smallest absolute Gasteiger partial charge is 0.227 e. The number of aromatic hydroxyl groups is 1. The Morgan fingerprint density at radius 1 is 1.18 bits per heavy atom. The number of hydrogen-bond acceptors (Lipinski definition) is 5. The second kappa shape index (κ2) is 10.9. The number of fused-ring (bicyclic) bond motifs is 1. The summed E-state index contributed by atoms with van der Waals surface area (Å²) < 4.78 is 24.5. The van der Waals surface area contributed by atoms with Crippen molar-refractivity contribution in [1.29, 1.82) is 0 Å². The number of benzene rings is 2. The monoisotopic (exact) mass is 473 g/mol. The van der Waals surface area contributed by atoms with E-state index in [4.69, 9.17) is 21.7 Å². The maximum atomic E-state index is 13.1. The Hall–Kier alpha value is -2.75. The Bertz CT molecular complexity index is 996. The van der Waals surface area contributed by atoms with Crippen LogP contribution in [0.2, 0.25) is 0 Å². The summed E-state index contributed by atoms with van der Waals surface area (Å²) >= 11 is 5.33. The van der Waals surface area contributed by atoms with Crippen LogP contribution < -0.4 is 15.5 Å². The molecule has 176 valence electrons. The molecule has 2 aliphatic rings. The topological polar surface area (TPSA) is 83.1 Å². The first-order valence-electron chi connectivity index (χ1n) is 11.2. The van der Waals surface area contributed by atoms with Gasteiger partial charge >= 0.3 is 0 Å². The molecule has 33 heavy (non-hydrogen) atoms. The summed E-state index contributed by atoms with van der Waals surface area (Å²) in [5.74, 6) is -0.345. The maximum Gasteiger partial charge on any atom is 0.227 e. The molecule has 2 heterocycles. The van der Waals surface area contributed by atoms with Crippen molar-refractivity contribution >= 4 is 40.3 Å². The molecule has 2 aromatic carbocycles. The van der Waals surface area contributed by atoms with Crippen molar-refractivity contribution in [3.63, 3.8) is 0 Å². The van der Waals surface area contributed by atoms with Crippen molar-refractivity contribution in [2.45, 2.75) is 44.8 Å². The second-order valence-corrected chi connectivity index (χ2v) is 8.56. The minimum absolute atomic E-state index is 0.00974. The SMILES string of the molecule is O=C1CCCc2cc(NC(=S)Nc3ccc(F)cc3)c(O)cc2N1CCOC1CCCCO1. The van der Waals surface area contributed by atoms with Gasteiger partial charge < -0.3 is 30.1 Å². The number of ether oxygens (including phenoxy) is 2. The molecule has 0 aromatic heterocycles. The van der Waals surface area contributed by atoms with E-state index in [1.807, 2.05) is 6.07 Å². The summed E-state index contributed by atoms with van der Waals surface area (Å²) in [7, 11) is 0. The first-order chi connectivity index (χ1) is 16.0. The molecular formula is C24H28FN3O4S. The largest absolute Gasteiger partial charge is 0.506 e. The zero-order valence-electron chi connectivity index (χ0n) is 18.3. The van der Waals surface area contributed by atoms with Crippen LogP contribution >= 0.6 is 12.2 Å². The highest BCUT2D eigenvalue weighted by Crippen LogP contribution is 2.36. The lowest BCUT2D eigenvalue weighted by atomic mass is 10.1. The van der Waals surface area contributed by atoms with Gasteiger partial charge in [-0.15, -0.1) is 0 Å². The number of carbonyl (C=O) groups excluding carboxylic acids is 1. The Morgan fingerprint density at radius 2 is 2.00 bits per heavy atom. The predicted octanol–water partition coefficient (Wildman–Crippen LogP) is 4.55. The van der Waals surface area contributed by atoms with Gasteiger partial charge in [-0.25, -0.2) is 4.39 Å². The van der Waals surface area contributed by atoms with E-state index >= 15 is 0 Å². The Kier molecular flexibility index (Phi) is 7.74. The summed E-state index contributed by atoms with van der Waals surface area (Å²) in [4.78, 5) is 14.4. The summed E-state index contributed by atoms with van der Waals surface area (Å²) in [5, 5.41) is 16.9. The van der Waals surface area contributed by atoms with E-state index in [0.29, 0.717) is 49.7 Å². The van der Waals surface area contributed by atoms with Gasteiger partial charge in [-0.3, -0.25) is 4.79 Å². The molecule has 9 heteroatoms. The van der Waals surface area contributed by atoms with Gasteiger partial charge in [0, 0.05) is 31.3 Å². The van der Waals surface area contributed by atoms with Gasteiger partial charge in [0.15, 0.2) is 11.4 Å². The van der Waals surface area contributed by atoms with Crippen LogP contribution in [-0.2, 0) is 20.7 Å². The summed E-state index contributed by atoms with van der Waals surface area (Å²) in [6.45, 7) is 1.46. The van der Waals surface area contributed by atoms with E-state index < -0.39 is 0 Å². The molecular weight excluding hydrogens is 445 g/mol. The average Bonchev–Trinajstić information content (AvgIpc) is 2.95. The zero-order chi connectivity index (χ0) is 23.2. The zero-order valence-corrected chi connectivity index (χ0v) is 19.1. The van der Waals surface area contributed by atoms with E-state index in [1.54, 1.807) is 23.1 Å². The van der Waals surface area contributed by atoms with Crippen LogP contribution in [-0.4, -0.2) is 42.2 Å². The minimum atomic E-state index is -0.335. The first-order valence-corrected chi connectivity index (χ1v) is 11.6. The molecule has 4 rings (SSSR count). The number of thiocarbonyl (C=S) groups is 1. The number of amides is 1. The molecule has 1 unspecified atom stereocenters. The van der Waals surface area contributed by atoms with Crippen molar-refractivity contribution < 1.29 is 23.8 Å². The number of rotatable bonds is 6. The molecule has 3 N–H and O–H groups in total. The third kappa shape index (κ3) is 6.19. The molecule has 7 nitrogen and oxygen atoms in total. The van der Waals surface area contributed by atoms with E-state index in [1.165, 1.54) is 12.1 Å². The Labute approximate surface area is 197 Å². The van der Waals surface area contributed by atoms with E-state index in [2.05, 4.69) is 10.6 Å². The lowest BCUT2D eigenvalue weighted by Crippen LogP contribution is -2.35. The molecule has 0 bridgehead atoms. The summed E-state index contributed by atoms with van der Waals surface area (Å²) in [6, 6.07) is 9.23. The third-order valence-corrected chi connectivity index (χ3v) is 5.94. The van der Waals surface area contributed by atoms with Gasteiger partial charge in [0.05, 0.1) is 18.0 Å². The standard InChI is InChI=1S/C24H28FN3O4S/c25-17-7-9-18(10-8-17)26-24(33)27-19-14-16-4-3-5-22(30)28(20(16)15-21(19)29)11-13-32-23-6-1-2-12-31-23/h7-10,14-15,23,29H,1-6,11-13H2,(H2,26,27,33). The van der Waals surface area contributed by atoms with Gasteiger partial charge in [0.2, 0.25) is 5.91 Å². The van der Waals surface area contributed by atoms with Gasteiger partial charge in [-0.2, -0.15) is 0 Å². The fourth-order valence-electron chi connectivity index (χ4n) is 4.05. The Balaban J connectivity index is 1.44. The van der Waals surface area contributed by atoms with Crippen LogP contribution in [0.3, 0.4) is 0 Å². The van der Waals surface area contributed by atoms with Crippen LogP contribution in [0, 0.1) is 5.82 Å². The minimum Gasteiger partial charge on any atom is -0.506 e. The number of phenolic OH excluding ortho intramolecular Hbond substituents is 1. The molecule has 0 aliphatic carbocycles. The highest BCUT2D eigenvalue weighted by Gasteiger charge is 2.25. The second-order valence-electron chi connectivity index (χ2n) is 8.15. The van der Waals surface area contributed by atoms with Gasteiger partial charge in [-0.05, 0) is 80.2 Å². The number of phenols is 1. The molecule has 0 radical (unpaired) electrons. The Morgan fingerprint density at radius 3 is 2.76 bits per heavy atom. The molecule has 1 saturated heterocycles. The lowest BCUT2D eigenvalue weighted by Gasteiger charge is -2.27. The first kappa shape index (κ1) is 23.4. The van der Waals surface area contributed by atoms with Gasteiger partial charge in [-0.1, -0.05) is 0 Å². The normalized spacial score (nSPS) is 18.4. The molecule has 1 fully saturated rings. The molecule has 2 aliphatic heterocycles. The number of nitrogens with zero attached hydrogens (tertiary/aromatic N) is 1. The van der Waals surface area contributed by atoms with E-state index in [9.17, 15) is 14.3 Å². The lowest BCUT2D eigenvalue weighted by molar-refractivity contribution is -0.161. The highest BCUT2D eigenvalue weighted by atomic mass is 32.1. The fourth-order valence-corrected chi connectivity index (χ4v) is 4.28. The van der Waals surface area contributed by atoms with Crippen molar-refractivity contribution in [1.82, 2.24) is 0 Å². The average molecular weight is 474 g/mol. The number of carbonyl (C=O) groups is 1. The number of nitrogens with one attached hydrogen (secondary N) is 2. The summed E-state index contributed by atoms with van der Waals surface area (Å²) in [5.41, 5.74) is 2.70. The van der Waals surface area contributed by atoms with Crippen LogP contribution in [0.15, 0.2) is 36.4 Å². The number of aryl methyl sites for hydroxylation is 1. The third-order valence-electron chi connectivity index (χ3n) is 5.73. The number of anilines is 3. The predicted molar refractivity (Wildman–Crippen MR) is 129 cm³/mol. The van der Waals surface area contributed by atoms with Crippen LogP contribution in [0.4, 0.5) is 21.5 Å². The van der Waals surface area contributed by atoms with Gasteiger partial charge in [0.1, 0.15) is 11.6 Å². The molecule has 2 aromatic rings. The molecule has 0 spiro atoms. The molecule has 0 saturated carbocycles. The van der Waals surface area contributed by atoms with Crippen molar-refractivity contribution in [2.75, 3.05) is 35.3 Å². The van der Waals surface area contributed by atoms with Crippen molar-refractivity contribution in [3.8, 4) is 5.75 Å². The van der Waals surface area contributed by atoms with Crippen LogP contribution in [0.1, 0.15) is 37.7 Å². The number of hydrogen-bond donors (Lipinski definition) is 3. The van der Waals surface area contributed by atoms with Crippen molar-refractivity contribution in [3.05, 3.63) is 47.8 Å². The molecule has 1 atom stereocenters. The number of halogens is 1. The van der Waals surface area contributed by atoms with E-state index in [-0.39, 0.29) is 28.9 Å². The summed E-state index contributed by atoms with van der Waals surface area (Å²) in [6.07, 6.45) is 4.65. The quantitative estimate of drug-likeness (QED) is 0.419. The fraction of sp³-hybridized carbons (Fsp3) is 0.417.